The molecule has 1 aromatic carbocycles. The maximum absolute atomic E-state index is 12.7. The van der Waals surface area contributed by atoms with Gasteiger partial charge in [0.15, 0.2) is 0 Å². The minimum Gasteiger partial charge on any atom is -0.348 e. The molecule has 0 atom stereocenters. The zero-order chi connectivity index (χ0) is 19.9. The van der Waals surface area contributed by atoms with Crippen LogP contribution in [0.1, 0.15) is 28.2 Å². The molecular formula is C19H18F3N5O. The van der Waals surface area contributed by atoms with E-state index in [1.54, 1.807) is 6.33 Å². The lowest BCUT2D eigenvalue weighted by Gasteiger charge is -2.27. The molecule has 0 unspecified atom stereocenters. The quantitative estimate of drug-likeness (QED) is 0.722. The van der Waals surface area contributed by atoms with Gasteiger partial charge in [0.2, 0.25) is 0 Å². The highest BCUT2D eigenvalue weighted by atomic mass is 19.4. The predicted molar refractivity (Wildman–Crippen MR) is 96.4 cm³/mol. The first-order valence-electron chi connectivity index (χ1n) is 8.82. The maximum atomic E-state index is 12.7. The van der Waals surface area contributed by atoms with Crippen molar-refractivity contribution in [3.05, 3.63) is 69.2 Å². The van der Waals surface area contributed by atoms with Crippen molar-refractivity contribution >= 4 is 0 Å². The molecule has 146 valence electrons. The molecule has 0 bridgehead atoms. The summed E-state index contributed by atoms with van der Waals surface area (Å²) in [7, 11) is 0. The molecular weight excluding hydrogens is 371 g/mol. The number of nitrogens with zero attached hydrogens (tertiary/aromatic N) is 3. The minimum atomic E-state index is -4.40. The number of rotatable bonds is 3. The lowest BCUT2D eigenvalue weighted by Crippen LogP contribution is -2.35. The van der Waals surface area contributed by atoms with Gasteiger partial charge in [0.25, 0.3) is 5.56 Å². The first-order valence-corrected chi connectivity index (χ1v) is 8.82. The largest absolute Gasteiger partial charge is 0.416 e. The van der Waals surface area contributed by atoms with Gasteiger partial charge in [-0.15, -0.1) is 0 Å². The number of aryl methyl sites for hydroxylation is 1. The van der Waals surface area contributed by atoms with Gasteiger partial charge in [-0.05, 0) is 19.1 Å². The van der Waals surface area contributed by atoms with Crippen molar-refractivity contribution in [2.75, 3.05) is 6.54 Å². The third-order valence-electron chi connectivity index (χ3n) is 4.94. The van der Waals surface area contributed by atoms with Gasteiger partial charge in [0.05, 0.1) is 28.8 Å². The van der Waals surface area contributed by atoms with Crippen LogP contribution in [0, 0.1) is 6.92 Å². The number of alkyl halides is 3. The van der Waals surface area contributed by atoms with Crippen LogP contribution < -0.4 is 5.56 Å². The summed E-state index contributed by atoms with van der Waals surface area (Å²) in [5, 5.41) is 0. The zero-order valence-corrected chi connectivity index (χ0v) is 15.1. The van der Waals surface area contributed by atoms with Gasteiger partial charge >= 0.3 is 6.18 Å². The number of benzene rings is 1. The molecule has 0 spiro atoms. The molecule has 4 rings (SSSR count). The van der Waals surface area contributed by atoms with Crippen LogP contribution >= 0.6 is 0 Å². The summed E-state index contributed by atoms with van der Waals surface area (Å²) in [5.74, 6) is 0.286. The summed E-state index contributed by atoms with van der Waals surface area (Å²) >= 11 is 0. The molecule has 0 amide bonds. The standard InChI is InChI=1S/C19H18F3N5O/c1-11-16(24-10-23-11)9-27-7-6-15-14(8-27)18(28)26-17(25-15)12-2-4-13(5-3-12)19(20,21)22/h2-5,10H,6-9H2,1H3,(H,23,24)(H,25,26,28). The Morgan fingerprint density at radius 2 is 1.96 bits per heavy atom. The van der Waals surface area contributed by atoms with Gasteiger partial charge in [0, 0.05) is 37.3 Å². The Hall–Kier alpha value is -2.94. The van der Waals surface area contributed by atoms with E-state index >= 15 is 0 Å². The van der Waals surface area contributed by atoms with E-state index in [0.717, 1.165) is 30.1 Å². The van der Waals surface area contributed by atoms with Crippen LogP contribution in [0.4, 0.5) is 13.2 Å². The molecule has 0 radical (unpaired) electrons. The Bertz CT molecular complexity index is 1050. The second-order valence-electron chi connectivity index (χ2n) is 6.85. The molecule has 9 heteroatoms. The smallest absolute Gasteiger partial charge is 0.348 e. The molecule has 0 aliphatic carbocycles. The van der Waals surface area contributed by atoms with E-state index in [0.29, 0.717) is 36.3 Å². The van der Waals surface area contributed by atoms with Crippen LogP contribution in [0.5, 0.6) is 0 Å². The van der Waals surface area contributed by atoms with Crippen molar-refractivity contribution in [2.45, 2.75) is 32.6 Å². The van der Waals surface area contributed by atoms with Crippen molar-refractivity contribution < 1.29 is 13.2 Å². The summed E-state index contributed by atoms with van der Waals surface area (Å²) in [6, 6.07) is 4.62. The van der Waals surface area contributed by atoms with E-state index < -0.39 is 11.7 Å². The average Bonchev–Trinajstić information content (AvgIpc) is 3.06. The molecule has 2 aromatic heterocycles. The lowest BCUT2D eigenvalue weighted by molar-refractivity contribution is -0.137. The third kappa shape index (κ3) is 3.57. The second kappa shape index (κ2) is 6.90. The number of imidazole rings is 1. The molecule has 3 heterocycles. The van der Waals surface area contributed by atoms with Crippen LogP contribution in [0.3, 0.4) is 0 Å². The highest BCUT2D eigenvalue weighted by molar-refractivity contribution is 5.56. The van der Waals surface area contributed by atoms with Gasteiger partial charge < -0.3 is 9.97 Å². The van der Waals surface area contributed by atoms with Crippen LogP contribution in [-0.2, 0) is 25.7 Å². The van der Waals surface area contributed by atoms with Gasteiger partial charge in [-0.1, -0.05) is 12.1 Å². The van der Waals surface area contributed by atoms with E-state index in [1.165, 1.54) is 12.1 Å². The molecule has 28 heavy (non-hydrogen) atoms. The number of aromatic nitrogens is 4. The topological polar surface area (TPSA) is 77.7 Å². The molecule has 3 aromatic rings. The fourth-order valence-corrected chi connectivity index (χ4v) is 3.33. The summed E-state index contributed by atoms with van der Waals surface area (Å²) in [5.41, 5.74) is 2.67. The van der Waals surface area contributed by atoms with Crippen molar-refractivity contribution in [1.82, 2.24) is 24.8 Å². The third-order valence-corrected chi connectivity index (χ3v) is 4.94. The molecule has 2 N–H and O–H groups in total. The van der Waals surface area contributed by atoms with Crippen molar-refractivity contribution in [3.63, 3.8) is 0 Å². The highest BCUT2D eigenvalue weighted by Gasteiger charge is 2.30. The fraction of sp³-hybridized carbons (Fsp3) is 0.316. The number of halogens is 3. The molecule has 0 saturated carbocycles. The van der Waals surface area contributed by atoms with Gasteiger partial charge in [-0.3, -0.25) is 9.69 Å². The number of hydrogen-bond donors (Lipinski definition) is 2. The summed E-state index contributed by atoms with van der Waals surface area (Å²) in [6.07, 6.45) is -2.16. The van der Waals surface area contributed by atoms with Gasteiger partial charge in [-0.2, -0.15) is 13.2 Å². The summed E-state index contributed by atoms with van der Waals surface area (Å²) < 4.78 is 38.2. The Kier molecular flexibility index (Phi) is 4.54. The second-order valence-corrected chi connectivity index (χ2v) is 6.85. The number of hydrogen-bond acceptors (Lipinski definition) is 4. The molecule has 0 fully saturated rings. The number of H-pyrrole nitrogens is 2. The summed E-state index contributed by atoms with van der Waals surface area (Å²) in [6.45, 7) is 3.76. The SMILES string of the molecule is Cc1[nH]cnc1CN1CCc2nc(-c3ccc(C(F)(F)F)cc3)[nH]c(=O)c2C1. The van der Waals surface area contributed by atoms with E-state index in [1.807, 2.05) is 6.92 Å². The average molecular weight is 389 g/mol. The maximum Gasteiger partial charge on any atom is 0.416 e. The Morgan fingerprint density at radius 1 is 1.21 bits per heavy atom. The van der Waals surface area contributed by atoms with Crippen molar-refractivity contribution in [1.29, 1.82) is 0 Å². The zero-order valence-electron chi connectivity index (χ0n) is 15.1. The van der Waals surface area contributed by atoms with Crippen LogP contribution in [0.15, 0.2) is 35.4 Å². The van der Waals surface area contributed by atoms with E-state index in [2.05, 4.69) is 24.8 Å². The normalized spacial score (nSPS) is 14.9. The Labute approximate surface area is 158 Å². The Balaban J connectivity index is 1.58. The molecule has 1 aliphatic heterocycles. The molecule has 6 nitrogen and oxygen atoms in total. The van der Waals surface area contributed by atoms with Crippen molar-refractivity contribution in [2.24, 2.45) is 0 Å². The fourth-order valence-electron chi connectivity index (χ4n) is 3.33. The van der Waals surface area contributed by atoms with E-state index in [-0.39, 0.29) is 11.4 Å². The number of fused-ring (bicyclic) bond motifs is 1. The first kappa shape index (κ1) is 18.4. The summed E-state index contributed by atoms with van der Waals surface area (Å²) in [4.78, 5) is 29.2. The number of nitrogens with one attached hydrogen (secondary N) is 2. The molecule has 0 saturated heterocycles. The van der Waals surface area contributed by atoms with Gasteiger partial charge in [0.1, 0.15) is 5.82 Å². The first-order chi connectivity index (χ1) is 13.3. The van der Waals surface area contributed by atoms with E-state index in [9.17, 15) is 18.0 Å². The lowest BCUT2D eigenvalue weighted by atomic mass is 10.1. The van der Waals surface area contributed by atoms with Crippen LogP contribution in [0.2, 0.25) is 0 Å². The van der Waals surface area contributed by atoms with Crippen LogP contribution in [0.25, 0.3) is 11.4 Å². The van der Waals surface area contributed by atoms with Crippen molar-refractivity contribution in [3.8, 4) is 11.4 Å². The van der Waals surface area contributed by atoms with Gasteiger partial charge in [-0.25, -0.2) is 9.97 Å². The van der Waals surface area contributed by atoms with E-state index in [4.69, 9.17) is 0 Å². The molecule has 1 aliphatic rings. The Morgan fingerprint density at radius 3 is 2.61 bits per heavy atom. The predicted octanol–water partition coefficient (Wildman–Crippen LogP) is 3.05. The minimum absolute atomic E-state index is 0.261. The van der Waals surface area contributed by atoms with Crippen LogP contribution in [-0.4, -0.2) is 31.4 Å². The highest BCUT2D eigenvalue weighted by Crippen LogP contribution is 2.30. The monoisotopic (exact) mass is 389 g/mol. The number of aromatic amines is 2.